The Kier molecular flexibility index (Phi) is 4.83. The van der Waals surface area contributed by atoms with E-state index in [0.29, 0.717) is 11.5 Å². The molecule has 0 spiro atoms. The van der Waals surface area contributed by atoms with Gasteiger partial charge in [0.1, 0.15) is 5.75 Å². The molecule has 0 radical (unpaired) electrons. The zero-order valence-electron chi connectivity index (χ0n) is 12.8. The van der Waals surface area contributed by atoms with Crippen molar-refractivity contribution in [3.8, 4) is 5.75 Å². The fraction of sp³-hybridized carbons (Fsp3) is 0.500. The van der Waals surface area contributed by atoms with Crippen LogP contribution in [0.15, 0.2) is 23.4 Å². The summed E-state index contributed by atoms with van der Waals surface area (Å²) in [6, 6.07) is 5.81. The van der Waals surface area contributed by atoms with Crippen molar-refractivity contribution in [2.75, 3.05) is 13.7 Å². The van der Waals surface area contributed by atoms with Gasteiger partial charge in [0.05, 0.1) is 5.71 Å². The number of oxime groups is 1. The van der Waals surface area contributed by atoms with Gasteiger partial charge in [-0.15, -0.1) is 0 Å². The smallest absolute Gasteiger partial charge is 0.260 e. The number of likely N-dealkylation sites (N-methyl/N-ethyl adjacent to an activating group) is 1. The maximum absolute atomic E-state index is 12.0. The van der Waals surface area contributed by atoms with Crippen LogP contribution >= 0.6 is 0 Å². The topological polar surface area (TPSA) is 62.1 Å². The minimum absolute atomic E-state index is 0.0245. The van der Waals surface area contributed by atoms with Crippen LogP contribution in [-0.4, -0.2) is 41.4 Å². The molecule has 1 aromatic rings. The molecule has 5 nitrogen and oxygen atoms in total. The van der Waals surface area contributed by atoms with Crippen LogP contribution in [0, 0.1) is 0 Å². The van der Waals surface area contributed by atoms with Crippen LogP contribution in [0.25, 0.3) is 0 Å². The Bertz CT molecular complexity index is 552. The predicted octanol–water partition coefficient (Wildman–Crippen LogP) is 2.45. The third kappa shape index (κ3) is 3.35. The molecule has 5 heteroatoms. The van der Waals surface area contributed by atoms with E-state index < -0.39 is 0 Å². The minimum Gasteiger partial charge on any atom is -0.483 e. The predicted molar refractivity (Wildman–Crippen MR) is 81.1 cm³/mol. The first-order valence-corrected chi connectivity index (χ1v) is 7.26. The van der Waals surface area contributed by atoms with Crippen LogP contribution in [0.3, 0.4) is 0 Å². The first-order chi connectivity index (χ1) is 10.0. The third-order valence-electron chi connectivity index (χ3n) is 3.92. The quantitative estimate of drug-likeness (QED) is 0.684. The van der Waals surface area contributed by atoms with Crippen LogP contribution in [0.4, 0.5) is 0 Å². The van der Waals surface area contributed by atoms with Gasteiger partial charge in [-0.2, -0.15) is 0 Å². The maximum Gasteiger partial charge on any atom is 0.260 e. The highest BCUT2D eigenvalue weighted by molar-refractivity contribution is 6.02. The molecule has 1 aliphatic carbocycles. The van der Waals surface area contributed by atoms with Crippen LogP contribution < -0.4 is 4.74 Å². The Hall–Kier alpha value is -2.04. The number of ether oxygens (including phenoxy) is 1. The van der Waals surface area contributed by atoms with E-state index in [0.717, 1.165) is 30.4 Å². The van der Waals surface area contributed by atoms with Crippen molar-refractivity contribution in [2.24, 2.45) is 5.16 Å². The second kappa shape index (κ2) is 6.61. The number of fused-ring (bicyclic) bond motifs is 1. The summed E-state index contributed by atoms with van der Waals surface area (Å²) in [6.07, 6.45) is 2.56. The lowest BCUT2D eigenvalue weighted by Crippen LogP contribution is -2.36. The second-order valence-corrected chi connectivity index (χ2v) is 5.57. The van der Waals surface area contributed by atoms with E-state index in [2.05, 4.69) is 5.16 Å². The number of carbonyl (C=O) groups is 1. The zero-order valence-corrected chi connectivity index (χ0v) is 12.8. The Labute approximate surface area is 125 Å². The molecule has 1 aromatic carbocycles. The Morgan fingerprint density at radius 1 is 1.43 bits per heavy atom. The van der Waals surface area contributed by atoms with E-state index in [-0.39, 0.29) is 18.6 Å². The first kappa shape index (κ1) is 15.4. The van der Waals surface area contributed by atoms with Gasteiger partial charge in [0.15, 0.2) is 6.61 Å². The number of hydrogen-bond acceptors (Lipinski definition) is 4. The normalized spacial score (nSPS) is 15.9. The number of nitrogens with zero attached hydrogens (tertiary/aromatic N) is 2. The van der Waals surface area contributed by atoms with E-state index in [1.807, 2.05) is 32.0 Å². The maximum atomic E-state index is 12.0. The molecule has 0 unspecified atom stereocenters. The minimum atomic E-state index is -0.0468. The molecule has 0 aromatic heterocycles. The SMILES string of the molecule is CC(C)N(C)C(=O)COc1cccc2c1CCCC2=NO. The van der Waals surface area contributed by atoms with Gasteiger partial charge in [0.2, 0.25) is 0 Å². The summed E-state index contributed by atoms with van der Waals surface area (Å²) in [7, 11) is 1.77. The number of carbonyl (C=O) groups excluding carboxylic acids is 1. The molecule has 2 rings (SSSR count). The highest BCUT2D eigenvalue weighted by Gasteiger charge is 2.20. The van der Waals surface area contributed by atoms with Gasteiger partial charge in [-0.05, 0) is 39.2 Å². The average Bonchev–Trinajstić information content (AvgIpc) is 2.50. The number of benzene rings is 1. The van der Waals surface area contributed by atoms with Crippen molar-refractivity contribution in [3.05, 3.63) is 29.3 Å². The van der Waals surface area contributed by atoms with Gasteiger partial charge < -0.3 is 14.8 Å². The fourth-order valence-electron chi connectivity index (χ4n) is 2.43. The van der Waals surface area contributed by atoms with Crippen LogP contribution in [-0.2, 0) is 11.2 Å². The first-order valence-electron chi connectivity index (χ1n) is 7.26. The van der Waals surface area contributed by atoms with E-state index in [9.17, 15) is 4.79 Å². The highest BCUT2D eigenvalue weighted by atomic mass is 16.5. The molecule has 114 valence electrons. The monoisotopic (exact) mass is 290 g/mol. The lowest BCUT2D eigenvalue weighted by Gasteiger charge is -2.23. The molecule has 0 heterocycles. The summed E-state index contributed by atoms with van der Waals surface area (Å²) in [5.74, 6) is 0.660. The van der Waals surface area contributed by atoms with Crippen molar-refractivity contribution < 1.29 is 14.7 Å². The lowest BCUT2D eigenvalue weighted by atomic mass is 9.89. The standard InChI is InChI=1S/C16H22N2O3/c1-11(2)18(3)16(19)10-21-15-9-5-6-12-13(15)7-4-8-14(12)17-20/h5-6,9,11,20H,4,7-8,10H2,1-3H3. The van der Waals surface area contributed by atoms with Gasteiger partial charge in [-0.1, -0.05) is 17.3 Å². The Balaban J connectivity index is 2.14. The molecular formula is C16H22N2O3. The molecule has 1 N–H and O–H groups in total. The average molecular weight is 290 g/mol. The van der Waals surface area contributed by atoms with Gasteiger partial charge in [0.25, 0.3) is 5.91 Å². The Morgan fingerprint density at radius 2 is 2.19 bits per heavy atom. The summed E-state index contributed by atoms with van der Waals surface area (Å²) in [5, 5.41) is 12.4. The molecule has 21 heavy (non-hydrogen) atoms. The number of rotatable bonds is 4. The van der Waals surface area contributed by atoms with Crippen molar-refractivity contribution in [3.63, 3.8) is 0 Å². The van der Waals surface area contributed by atoms with E-state index in [1.165, 1.54) is 0 Å². The summed E-state index contributed by atoms with van der Waals surface area (Å²) in [6.45, 7) is 3.95. The highest BCUT2D eigenvalue weighted by Crippen LogP contribution is 2.30. The fourth-order valence-corrected chi connectivity index (χ4v) is 2.43. The van der Waals surface area contributed by atoms with Crippen molar-refractivity contribution >= 4 is 11.6 Å². The van der Waals surface area contributed by atoms with Crippen LogP contribution in [0.1, 0.15) is 37.8 Å². The summed E-state index contributed by atoms with van der Waals surface area (Å²) >= 11 is 0. The molecule has 1 aliphatic rings. The van der Waals surface area contributed by atoms with Gasteiger partial charge in [-0.3, -0.25) is 4.79 Å². The molecule has 0 saturated carbocycles. The third-order valence-corrected chi connectivity index (χ3v) is 3.92. The molecular weight excluding hydrogens is 268 g/mol. The summed E-state index contributed by atoms with van der Waals surface area (Å²) < 4.78 is 5.70. The second-order valence-electron chi connectivity index (χ2n) is 5.57. The molecule has 0 atom stereocenters. The lowest BCUT2D eigenvalue weighted by molar-refractivity contribution is -0.133. The summed E-state index contributed by atoms with van der Waals surface area (Å²) in [5.41, 5.74) is 2.63. The van der Waals surface area contributed by atoms with E-state index >= 15 is 0 Å². The van der Waals surface area contributed by atoms with E-state index in [1.54, 1.807) is 11.9 Å². The molecule has 0 fully saturated rings. The van der Waals surface area contributed by atoms with Gasteiger partial charge >= 0.3 is 0 Å². The van der Waals surface area contributed by atoms with E-state index in [4.69, 9.17) is 9.94 Å². The molecule has 0 aliphatic heterocycles. The van der Waals surface area contributed by atoms with Crippen LogP contribution in [0.2, 0.25) is 0 Å². The molecule has 1 amide bonds. The van der Waals surface area contributed by atoms with Crippen molar-refractivity contribution in [1.29, 1.82) is 0 Å². The molecule has 0 saturated heterocycles. The summed E-state index contributed by atoms with van der Waals surface area (Å²) in [4.78, 5) is 13.6. The van der Waals surface area contributed by atoms with Gasteiger partial charge in [-0.25, -0.2) is 0 Å². The zero-order chi connectivity index (χ0) is 15.4. The van der Waals surface area contributed by atoms with Crippen molar-refractivity contribution in [2.45, 2.75) is 39.2 Å². The van der Waals surface area contributed by atoms with Gasteiger partial charge in [0, 0.05) is 24.2 Å². The van der Waals surface area contributed by atoms with Crippen molar-refractivity contribution in [1.82, 2.24) is 4.90 Å². The number of hydrogen-bond donors (Lipinski definition) is 1. The number of amides is 1. The largest absolute Gasteiger partial charge is 0.483 e. The molecule has 0 bridgehead atoms. The Morgan fingerprint density at radius 3 is 2.86 bits per heavy atom. The van der Waals surface area contributed by atoms with Crippen LogP contribution in [0.5, 0.6) is 5.75 Å².